The molecule has 6 heteroatoms. The Labute approximate surface area is 138 Å². The first kappa shape index (κ1) is 15.7. The number of cyclic esters (lactones) is 1. The maximum absolute atomic E-state index is 14.2. The fourth-order valence-electron chi connectivity index (χ4n) is 2.24. The summed E-state index contributed by atoms with van der Waals surface area (Å²) in [6.45, 7) is 0. The number of benzene rings is 2. The Morgan fingerprint density at radius 2 is 1.75 bits per heavy atom. The number of rotatable bonds is 4. The highest BCUT2D eigenvalue weighted by Gasteiger charge is 2.24. The molecule has 0 unspecified atom stereocenters. The molecule has 0 aliphatic carbocycles. The molecule has 2 aromatic carbocycles. The monoisotopic (exact) mass is 327 g/mol. The zero-order valence-electron chi connectivity index (χ0n) is 13.1. The van der Waals surface area contributed by atoms with Gasteiger partial charge in [0.1, 0.15) is 5.82 Å². The van der Waals surface area contributed by atoms with E-state index in [9.17, 15) is 9.18 Å². The average molecular weight is 327 g/mol. The fourth-order valence-corrected chi connectivity index (χ4v) is 2.24. The molecular weight excluding hydrogens is 313 g/mol. The molecule has 1 heterocycles. The highest BCUT2D eigenvalue weighted by atomic mass is 19.1. The van der Waals surface area contributed by atoms with Crippen LogP contribution in [0.3, 0.4) is 0 Å². The van der Waals surface area contributed by atoms with E-state index in [-0.39, 0.29) is 22.9 Å². The molecule has 0 saturated heterocycles. The minimum Gasteiger partial charge on any atom is -0.493 e. The maximum atomic E-state index is 14.2. The van der Waals surface area contributed by atoms with Crippen molar-refractivity contribution in [1.82, 2.24) is 0 Å². The molecule has 0 N–H and O–H groups in total. The van der Waals surface area contributed by atoms with Gasteiger partial charge in [0.2, 0.25) is 5.90 Å². The van der Waals surface area contributed by atoms with E-state index in [2.05, 4.69) is 4.99 Å². The molecule has 0 saturated carbocycles. The number of carbonyl (C=O) groups is 1. The standard InChI is InChI=1S/C18H14FNO4/c1-22-15-9-12(13(19)10-16(15)23-2)8-14-18(21)24-17(20-14)11-6-4-3-5-7-11/h3-10H,1-2H3/b14-8-. The highest BCUT2D eigenvalue weighted by Crippen LogP contribution is 2.31. The molecule has 5 nitrogen and oxygen atoms in total. The fraction of sp³-hybridized carbons (Fsp3) is 0.111. The summed E-state index contributed by atoms with van der Waals surface area (Å²) >= 11 is 0. The van der Waals surface area contributed by atoms with Crippen LogP contribution in [0.25, 0.3) is 6.08 Å². The summed E-state index contributed by atoms with van der Waals surface area (Å²) < 4.78 is 29.5. The van der Waals surface area contributed by atoms with Gasteiger partial charge >= 0.3 is 5.97 Å². The van der Waals surface area contributed by atoms with Gasteiger partial charge in [0.15, 0.2) is 17.2 Å². The Bertz CT molecular complexity index is 844. The highest BCUT2D eigenvalue weighted by molar-refractivity contribution is 6.12. The predicted molar refractivity (Wildman–Crippen MR) is 86.6 cm³/mol. The van der Waals surface area contributed by atoms with Crippen molar-refractivity contribution in [1.29, 1.82) is 0 Å². The molecule has 0 spiro atoms. The second-order valence-corrected chi connectivity index (χ2v) is 4.93. The third-order valence-electron chi connectivity index (χ3n) is 3.44. The lowest BCUT2D eigenvalue weighted by Crippen LogP contribution is -2.05. The molecule has 1 aliphatic rings. The number of methoxy groups -OCH3 is 2. The number of hydrogen-bond donors (Lipinski definition) is 0. The SMILES string of the molecule is COc1cc(F)c(/C=C2\N=C(c3ccccc3)OC2=O)cc1OC. The molecule has 122 valence electrons. The summed E-state index contributed by atoms with van der Waals surface area (Å²) in [7, 11) is 2.86. The summed E-state index contributed by atoms with van der Waals surface area (Å²) in [5.74, 6) is -0.393. The molecule has 24 heavy (non-hydrogen) atoms. The van der Waals surface area contributed by atoms with Crippen molar-refractivity contribution in [2.75, 3.05) is 14.2 Å². The van der Waals surface area contributed by atoms with E-state index in [1.165, 1.54) is 32.4 Å². The third-order valence-corrected chi connectivity index (χ3v) is 3.44. The third kappa shape index (κ3) is 2.99. The zero-order valence-corrected chi connectivity index (χ0v) is 13.1. The molecule has 0 radical (unpaired) electrons. The Balaban J connectivity index is 1.99. The lowest BCUT2D eigenvalue weighted by molar-refractivity contribution is -0.129. The molecule has 1 aliphatic heterocycles. The lowest BCUT2D eigenvalue weighted by Gasteiger charge is -2.08. The average Bonchev–Trinajstić information content (AvgIpc) is 2.97. The molecule has 2 aromatic rings. The van der Waals surface area contributed by atoms with Crippen LogP contribution in [0.2, 0.25) is 0 Å². The van der Waals surface area contributed by atoms with Crippen LogP contribution in [-0.2, 0) is 9.53 Å². The number of esters is 1. The Morgan fingerprint density at radius 3 is 2.42 bits per heavy atom. The van der Waals surface area contributed by atoms with Gasteiger partial charge in [0.05, 0.1) is 14.2 Å². The lowest BCUT2D eigenvalue weighted by atomic mass is 10.1. The minimum atomic E-state index is -0.636. The second kappa shape index (κ2) is 6.54. The van der Waals surface area contributed by atoms with Crippen LogP contribution in [0.15, 0.2) is 53.2 Å². The first-order chi connectivity index (χ1) is 11.6. The molecule has 0 atom stereocenters. The number of carbonyl (C=O) groups excluding carboxylic acids is 1. The van der Waals surface area contributed by atoms with Gasteiger partial charge in [-0.2, -0.15) is 0 Å². The number of halogens is 1. The number of nitrogens with zero attached hydrogens (tertiary/aromatic N) is 1. The number of ether oxygens (including phenoxy) is 3. The van der Waals surface area contributed by atoms with E-state index >= 15 is 0 Å². The van der Waals surface area contributed by atoms with Crippen molar-refractivity contribution in [2.24, 2.45) is 4.99 Å². The van der Waals surface area contributed by atoms with Crippen LogP contribution in [0.4, 0.5) is 4.39 Å². The van der Waals surface area contributed by atoms with Gasteiger partial charge in [-0.05, 0) is 24.3 Å². The van der Waals surface area contributed by atoms with Gasteiger partial charge in [0.25, 0.3) is 0 Å². The largest absolute Gasteiger partial charge is 0.493 e. The number of aliphatic imine (C=N–C) groups is 1. The van der Waals surface area contributed by atoms with E-state index in [4.69, 9.17) is 14.2 Å². The molecule has 3 rings (SSSR count). The first-order valence-corrected chi connectivity index (χ1v) is 7.12. The molecule has 0 amide bonds. The predicted octanol–water partition coefficient (Wildman–Crippen LogP) is 3.19. The summed E-state index contributed by atoms with van der Waals surface area (Å²) in [4.78, 5) is 16.1. The van der Waals surface area contributed by atoms with Crippen LogP contribution in [0, 0.1) is 5.82 Å². The van der Waals surface area contributed by atoms with Gasteiger partial charge < -0.3 is 14.2 Å². The van der Waals surface area contributed by atoms with Crippen LogP contribution < -0.4 is 9.47 Å². The molecular formula is C18H14FNO4. The normalized spacial score (nSPS) is 15.2. The molecule has 0 aromatic heterocycles. The van der Waals surface area contributed by atoms with Gasteiger partial charge in [-0.3, -0.25) is 0 Å². The smallest absolute Gasteiger partial charge is 0.363 e. The van der Waals surface area contributed by atoms with Crippen LogP contribution in [0.1, 0.15) is 11.1 Å². The zero-order chi connectivity index (χ0) is 17.1. The van der Waals surface area contributed by atoms with Gasteiger partial charge in [-0.15, -0.1) is 0 Å². The van der Waals surface area contributed by atoms with Gasteiger partial charge in [0, 0.05) is 17.2 Å². The van der Waals surface area contributed by atoms with Crippen LogP contribution in [-0.4, -0.2) is 26.1 Å². The first-order valence-electron chi connectivity index (χ1n) is 7.12. The minimum absolute atomic E-state index is 0.0139. The topological polar surface area (TPSA) is 57.1 Å². The van der Waals surface area contributed by atoms with E-state index in [0.717, 1.165) is 0 Å². The van der Waals surface area contributed by atoms with Gasteiger partial charge in [-0.1, -0.05) is 18.2 Å². The number of hydrogen-bond acceptors (Lipinski definition) is 5. The van der Waals surface area contributed by atoms with E-state index in [1.54, 1.807) is 24.3 Å². The van der Waals surface area contributed by atoms with Gasteiger partial charge in [-0.25, -0.2) is 14.2 Å². The van der Waals surface area contributed by atoms with Crippen molar-refractivity contribution < 1.29 is 23.4 Å². The van der Waals surface area contributed by atoms with Crippen molar-refractivity contribution in [3.8, 4) is 11.5 Å². The summed E-state index contributed by atoms with van der Waals surface area (Å²) in [6, 6.07) is 11.6. The van der Waals surface area contributed by atoms with E-state index < -0.39 is 11.8 Å². The Morgan fingerprint density at radius 1 is 1.08 bits per heavy atom. The molecule has 0 fully saturated rings. The molecule has 0 bridgehead atoms. The van der Waals surface area contributed by atoms with Crippen molar-refractivity contribution >= 4 is 17.9 Å². The quantitative estimate of drug-likeness (QED) is 0.639. The van der Waals surface area contributed by atoms with Crippen molar-refractivity contribution in [3.63, 3.8) is 0 Å². The van der Waals surface area contributed by atoms with E-state index in [1.807, 2.05) is 6.07 Å². The summed E-state index contributed by atoms with van der Waals surface area (Å²) in [5.41, 5.74) is 0.833. The second-order valence-electron chi connectivity index (χ2n) is 4.93. The summed E-state index contributed by atoms with van der Waals surface area (Å²) in [5, 5.41) is 0. The van der Waals surface area contributed by atoms with Crippen LogP contribution >= 0.6 is 0 Å². The van der Waals surface area contributed by atoms with Crippen molar-refractivity contribution in [3.05, 3.63) is 65.1 Å². The van der Waals surface area contributed by atoms with Crippen LogP contribution in [0.5, 0.6) is 11.5 Å². The maximum Gasteiger partial charge on any atom is 0.363 e. The Kier molecular flexibility index (Phi) is 4.29. The van der Waals surface area contributed by atoms with Crippen molar-refractivity contribution in [2.45, 2.75) is 0 Å². The van der Waals surface area contributed by atoms with E-state index in [0.29, 0.717) is 11.3 Å². The Hall–Kier alpha value is -3.15. The summed E-state index contributed by atoms with van der Waals surface area (Å²) in [6.07, 6.45) is 1.32.